The lowest BCUT2D eigenvalue weighted by atomic mass is 9.84. The molecule has 0 amide bonds. The van der Waals surface area contributed by atoms with Crippen LogP contribution in [0.15, 0.2) is 186 Å². The standard InChI is InChI=1S/C48H30O/c1-3-13-31(14-4-1)34-25-28-43-44(30-34)49-48(36-26-27-38-35(29-36)24-23-32-15-7-8-18-37(32)38)47(43)46-41-21-11-9-19-39(41)45(33-16-5-2-6-17-33)40-20-10-12-22-42(40)46/h1-30H/i1D,3D,4D,7D,8D,9D,10D,11D,12D,13D,14D,15D,18D,19D,20D,21D,22D,23D,24D,26D,27D,29D. The van der Waals surface area contributed by atoms with E-state index in [4.69, 9.17) is 23.6 Å². The molecule has 49 heavy (non-hydrogen) atoms. The molecule has 10 aromatic rings. The van der Waals surface area contributed by atoms with Crippen LogP contribution in [-0.4, -0.2) is 0 Å². The molecular weight excluding hydrogens is 593 g/mol. The van der Waals surface area contributed by atoms with Gasteiger partial charge in [-0.1, -0.05) is 163 Å². The first kappa shape index (κ1) is 13.6. The highest BCUT2D eigenvalue weighted by Crippen LogP contribution is 2.50. The van der Waals surface area contributed by atoms with Gasteiger partial charge >= 0.3 is 0 Å². The van der Waals surface area contributed by atoms with Gasteiger partial charge in [0.2, 0.25) is 0 Å². The third kappa shape index (κ3) is 4.40. The van der Waals surface area contributed by atoms with Gasteiger partial charge in [-0.25, -0.2) is 0 Å². The largest absolute Gasteiger partial charge is 0.455 e. The molecule has 1 heteroatoms. The second-order valence-electron chi connectivity index (χ2n) is 11.1. The van der Waals surface area contributed by atoms with Gasteiger partial charge in [-0.2, -0.15) is 0 Å². The minimum Gasteiger partial charge on any atom is -0.455 e. The molecule has 1 aromatic heterocycles. The van der Waals surface area contributed by atoms with Gasteiger partial charge in [-0.05, 0) is 83.5 Å². The van der Waals surface area contributed by atoms with E-state index in [2.05, 4.69) is 0 Å². The zero-order valence-electron chi connectivity index (χ0n) is 47.0. The number of rotatable bonds is 4. The fourth-order valence-electron chi connectivity index (χ4n) is 6.36. The Labute approximate surface area is 315 Å². The molecule has 1 heterocycles. The summed E-state index contributed by atoms with van der Waals surface area (Å²) in [6, 6.07) is -3.17. The van der Waals surface area contributed by atoms with Crippen molar-refractivity contribution in [3.63, 3.8) is 0 Å². The van der Waals surface area contributed by atoms with Crippen LogP contribution >= 0.6 is 0 Å². The number of benzene rings is 9. The van der Waals surface area contributed by atoms with Crippen molar-refractivity contribution in [3.05, 3.63) is 181 Å². The molecule has 0 atom stereocenters. The van der Waals surface area contributed by atoms with E-state index < -0.39 is 166 Å². The molecule has 0 N–H and O–H groups in total. The van der Waals surface area contributed by atoms with Crippen LogP contribution in [0.5, 0.6) is 0 Å². The van der Waals surface area contributed by atoms with Gasteiger partial charge in [0.1, 0.15) is 11.3 Å². The highest BCUT2D eigenvalue weighted by atomic mass is 16.3. The van der Waals surface area contributed by atoms with Crippen LogP contribution in [0.25, 0.3) is 98.8 Å². The van der Waals surface area contributed by atoms with Crippen molar-refractivity contribution in [3.8, 4) is 44.7 Å². The summed E-state index contributed by atoms with van der Waals surface area (Å²) in [5, 5.41) is -2.79. The summed E-state index contributed by atoms with van der Waals surface area (Å²) in [6.07, 6.45) is 0. The first-order valence-corrected chi connectivity index (χ1v) is 15.1. The van der Waals surface area contributed by atoms with Gasteiger partial charge < -0.3 is 4.42 Å². The second kappa shape index (κ2) is 11.1. The molecule has 0 aliphatic heterocycles. The first-order chi connectivity index (χ1) is 33.5. The maximum absolute atomic E-state index is 9.82. The second-order valence-corrected chi connectivity index (χ2v) is 11.1. The summed E-state index contributed by atoms with van der Waals surface area (Å²) in [7, 11) is 0. The van der Waals surface area contributed by atoms with E-state index in [1.165, 1.54) is 18.2 Å². The average Bonchev–Trinajstić information content (AvgIpc) is 3.72. The monoisotopic (exact) mass is 644 g/mol. The van der Waals surface area contributed by atoms with Crippen molar-refractivity contribution in [2.75, 3.05) is 0 Å². The van der Waals surface area contributed by atoms with Crippen molar-refractivity contribution in [2.45, 2.75) is 0 Å². The Hall–Kier alpha value is -6.44. The fraction of sp³-hybridized carbons (Fsp3) is 0. The lowest BCUT2D eigenvalue weighted by Crippen LogP contribution is -1.91. The summed E-state index contributed by atoms with van der Waals surface area (Å²) in [6.45, 7) is 0. The predicted molar refractivity (Wildman–Crippen MR) is 208 cm³/mol. The Kier molecular flexibility index (Phi) is 3.07. The highest BCUT2D eigenvalue weighted by molar-refractivity contribution is 6.25. The molecule has 0 spiro atoms. The summed E-state index contributed by atoms with van der Waals surface area (Å²) >= 11 is 0. The molecule has 0 fully saturated rings. The van der Waals surface area contributed by atoms with Crippen molar-refractivity contribution >= 4 is 54.1 Å². The lowest BCUT2D eigenvalue weighted by Gasteiger charge is -2.18. The molecule has 1 nitrogen and oxygen atoms in total. The van der Waals surface area contributed by atoms with Crippen LogP contribution in [0, 0.1) is 0 Å². The van der Waals surface area contributed by atoms with Gasteiger partial charge in [0.15, 0.2) is 0 Å². The molecule has 10 rings (SSSR count). The first-order valence-electron chi connectivity index (χ1n) is 26.1. The van der Waals surface area contributed by atoms with Crippen LogP contribution in [0.3, 0.4) is 0 Å². The van der Waals surface area contributed by atoms with Crippen molar-refractivity contribution in [1.82, 2.24) is 0 Å². The number of fused-ring (bicyclic) bond motifs is 6. The molecule has 0 aliphatic carbocycles. The average molecular weight is 645 g/mol. The van der Waals surface area contributed by atoms with Crippen LogP contribution in [0.4, 0.5) is 0 Å². The predicted octanol–water partition coefficient (Wildman–Crippen LogP) is 13.7. The maximum Gasteiger partial charge on any atom is 0.143 e. The van der Waals surface area contributed by atoms with E-state index in [1.807, 2.05) is 0 Å². The SMILES string of the molecule is [2H]c1c([2H])c([2H])c(-c2ccc3c(-c4c5c([2H])c([2H])c([2H])c([2H])c5c(-c5ccccc5)c5c([2H])c([2H])c([2H])c([2H])c45)c(-c4c([2H])c([2H])c5c(c4[2H])c([2H])c([2H])c4c([2H])c([2H])c([2H])c([2H])c45)oc3c2)c([2H])c1[2H]. The zero-order valence-corrected chi connectivity index (χ0v) is 25.0. The summed E-state index contributed by atoms with van der Waals surface area (Å²) in [4.78, 5) is 0. The minimum absolute atomic E-state index is 0.00380. The lowest BCUT2D eigenvalue weighted by molar-refractivity contribution is 0.633. The molecule has 0 unspecified atom stereocenters. The number of hydrogen-bond donors (Lipinski definition) is 0. The Morgan fingerprint density at radius 2 is 0.980 bits per heavy atom. The van der Waals surface area contributed by atoms with Crippen LogP contribution in [0.2, 0.25) is 0 Å². The fourth-order valence-corrected chi connectivity index (χ4v) is 6.36. The molecule has 0 radical (unpaired) electrons. The smallest absolute Gasteiger partial charge is 0.143 e. The van der Waals surface area contributed by atoms with Crippen LogP contribution < -0.4 is 0 Å². The molecule has 0 bridgehead atoms. The molecular formula is C48H30O. The van der Waals surface area contributed by atoms with E-state index in [1.54, 1.807) is 30.3 Å². The van der Waals surface area contributed by atoms with Gasteiger partial charge in [-0.3, -0.25) is 0 Å². The van der Waals surface area contributed by atoms with Gasteiger partial charge in [-0.15, -0.1) is 0 Å². The van der Waals surface area contributed by atoms with E-state index in [9.17, 15) is 11.0 Å². The van der Waals surface area contributed by atoms with Crippen molar-refractivity contribution in [2.24, 2.45) is 0 Å². The maximum atomic E-state index is 9.82. The van der Waals surface area contributed by atoms with E-state index in [-0.39, 0.29) is 60.3 Å². The topological polar surface area (TPSA) is 13.1 Å². The number of hydrogen-bond acceptors (Lipinski definition) is 1. The summed E-state index contributed by atoms with van der Waals surface area (Å²) in [5.74, 6) is -0.528. The third-order valence-electron chi connectivity index (χ3n) is 8.46. The van der Waals surface area contributed by atoms with E-state index >= 15 is 0 Å². The van der Waals surface area contributed by atoms with E-state index in [0.29, 0.717) is 5.56 Å². The van der Waals surface area contributed by atoms with Crippen LogP contribution in [-0.2, 0) is 0 Å². The van der Waals surface area contributed by atoms with Gasteiger partial charge in [0, 0.05) is 22.1 Å². The third-order valence-corrected chi connectivity index (χ3v) is 8.46. The molecule has 0 aliphatic rings. The zero-order chi connectivity index (χ0) is 51.5. The van der Waals surface area contributed by atoms with Crippen molar-refractivity contribution < 1.29 is 34.6 Å². The molecule has 0 saturated carbocycles. The number of furan rings is 1. The summed E-state index contributed by atoms with van der Waals surface area (Å²) in [5.41, 5.74) is -1.29. The quantitative estimate of drug-likeness (QED) is 0.137. The van der Waals surface area contributed by atoms with E-state index in [0.717, 1.165) is 0 Å². The molecule has 9 aromatic carbocycles. The minimum atomic E-state index is -0.821. The van der Waals surface area contributed by atoms with Gasteiger partial charge in [0.25, 0.3) is 0 Å². The molecule has 228 valence electrons. The Balaban J connectivity index is 1.50. The normalized spacial score (nSPS) is 18.0. The van der Waals surface area contributed by atoms with Crippen LogP contribution in [0.1, 0.15) is 30.2 Å². The highest BCUT2D eigenvalue weighted by Gasteiger charge is 2.24. The Bertz CT molecular complexity index is 4020. The Morgan fingerprint density at radius 1 is 0.367 bits per heavy atom. The van der Waals surface area contributed by atoms with Gasteiger partial charge in [0.05, 0.1) is 30.2 Å². The molecule has 0 saturated heterocycles. The van der Waals surface area contributed by atoms with Crippen molar-refractivity contribution in [1.29, 1.82) is 0 Å². The summed E-state index contributed by atoms with van der Waals surface area (Å²) < 4.78 is 204. The Morgan fingerprint density at radius 3 is 1.71 bits per heavy atom.